The molecule has 0 saturated carbocycles. The highest BCUT2D eigenvalue weighted by molar-refractivity contribution is 5.77. The normalized spacial score (nSPS) is 10.4. The summed E-state index contributed by atoms with van der Waals surface area (Å²) in [5.41, 5.74) is 14.3. The monoisotopic (exact) mass is 266 g/mol. The molecular formula is C18H22N2. The molecule has 2 aromatic carbocycles. The van der Waals surface area contributed by atoms with Crippen molar-refractivity contribution in [1.29, 1.82) is 0 Å². The van der Waals surface area contributed by atoms with Crippen molar-refractivity contribution in [2.45, 2.75) is 20.4 Å². The molecule has 0 aliphatic heterocycles. The number of benzene rings is 2. The minimum atomic E-state index is 0.556. The van der Waals surface area contributed by atoms with Crippen LogP contribution in [-0.2, 0) is 6.54 Å². The molecule has 0 aliphatic carbocycles. The third kappa shape index (κ3) is 2.47. The van der Waals surface area contributed by atoms with E-state index in [-0.39, 0.29) is 0 Å². The van der Waals surface area contributed by atoms with Crippen LogP contribution in [0.3, 0.4) is 0 Å². The first-order chi connectivity index (χ1) is 9.62. The lowest BCUT2D eigenvalue weighted by atomic mass is 9.92. The van der Waals surface area contributed by atoms with Crippen LogP contribution in [0, 0.1) is 13.8 Å². The standard InChI is InChI=1S/C18H22N2/c1-5-14-7-8-15(10-18(14)20-4)16-9-6-12(2)13(3)17(16)11-19/h5-10,20H,1,11,19H2,2-4H3. The molecule has 0 spiro atoms. The van der Waals surface area contributed by atoms with Crippen LogP contribution in [0.15, 0.2) is 36.9 Å². The maximum atomic E-state index is 5.95. The molecule has 2 rings (SSSR count). The highest BCUT2D eigenvalue weighted by Crippen LogP contribution is 2.31. The van der Waals surface area contributed by atoms with Gasteiger partial charge >= 0.3 is 0 Å². The van der Waals surface area contributed by atoms with E-state index < -0.39 is 0 Å². The zero-order valence-corrected chi connectivity index (χ0v) is 12.5. The van der Waals surface area contributed by atoms with Crippen LogP contribution in [0.25, 0.3) is 17.2 Å². The predicted molar refractivity (Wildman–Crippen MR) is 88.9 cm³/mol. The van der Waals surface area contributed by atoms with Crippen molar-refractivity contribution in [1.82, 2.24) is 0 Å². The van der Waals surface area contributed by atoms with Crippen LogP contribution >= 0.6 is 0 Å². The van der Waals surface area contributed by atoms with Crippen molar-refractivity contribution in [3.05, 3.63) is 59.2 Å². The predicted octanol–water partition coefficient (Wildman–Crippen LogP) is 4.11. The Hall–Kier alpha value is -2.06. The van der Waals surface area contributed by atoms with Crippen molar-refractivity contribution < 1.29 is 0 Å². The van der Waals surface area contributed by atoms with Gasteiger partial charge in [-0.3, -0.25) is 0 Å². The van der Waals surface area contributed by atoms with Crippen LogP contribution in [0.5, 0.6) is 0 Å². The molecular weight excluding hydrogens is 244 g/mol. The van der Waals surface area contributed by atoms with Gasteiger partial charge in [-0.1, -0.05) is 36.9 Å². The smallest absolute Gasteiger partial charge is 0.0417 e. The van der Waals surface area contributed by atoms with Gasteiger partial charge in [0.05, 0.1) is 0 Å². The van der Waals surface area contributed by atoms with Crippen molar-refractivity contribution >= 4 is 11.8 Å². The molecule has 0 aliphatic rings. The van der Waals surface area contributed by atoms with Crippen LogP contribution in [0.1, 0.15) is 22.3 Å². The molecule has 0 unspecified atom stereocenters. The molecule has 0 fully saturated rings. The van der Waals surface area contributed by atoms with Gasteiger partial charge in [-0.05, 0) is 53.3 Å². The fraction of sp³-hybridized carbons (Fsp3) is 0.222. The average molecular weight is 266 g/mol. The fourth-order valence-electron chi connectivity index (χ4n) is 2.53. The second-order valence-electron chi connectivity index (χ2n) is 4.99. The van der Waals surface area contributed by atoms with Crippen LogP contribution < -0.4 is 11.1 Å². The van der Waals surface area contributed by atoms with Crippen LogP contribution in [0.4, 0.5) is 5.69 Å². The molecule has 0 radical (unpaired) electrons. The maximum absolute atomic E-state index is 5.95. The first-order valence-corrected chi connectivity index (χ1v) is 6.86. The summed E-state index contributed by atoms with van der Waals surface area (Å²) in [6.07, 6.45) is 1.86. The zero-order valence-electron chi connectivity index (χ0n) is 12.5. The summed E-state index contributed by atoms with van der Waals surface area (Å²) in [5.74, 6) is 0. The van der Waals surface area contributed by atoms with E-state index in [4.69, 9.17) is 5.73 Å². The fourth-order valence-corrected chi connectivity index (χ4v) is 2.53. The van der Waals surface area contributed by atoms with Gasteiger partial charge < -0.3 is 11.1 Å². The summed E-state index contributed by atoms with van der Waals surface area (Å²) in [6, 6.07) is 10.7. The van der Waals surface area contributed by atoms with E-state index in [1.807, 2.05) is 13.1 Å². The Labute approximate surface area is 121 Å². The first-order valence-electron chi connectivity index (χ1n) is 6.86. The topological polar surface area (TPSA) is 38.0 Å². The van der Waals surface area contributed by atoms with Gasteiger partial charge in [0.1, 0.15) is 0 Å². The maximum Gasteiger partial charge on any atom is 0.0417 e. The SMILES string of the molecule is C=Cc1ccc(-c2ccc(C)c(C)c2CN)cc1NC. The van der Waals surface area contributed by atoms with E-state index in [1.165, 1.54) is 27.8 Å². The van der Waals surface area contributed by atoms with Crippen molar-refractivity contribution in [2.24, 2.45) is 5.73 Å². The quantitative estimate of drug-likeness (QED) is 0.873. The second kappa shape index (κ2) is 5.93. The summed E-state index contributed by atoms with van der Waals surface area (Å²) in [7, 11) is 1.93. The zero-order chi connectivity index (χ0) is 14.7. The van der Waals surface area contributed by atoms with Crippen molar-refractivity contribution in [3.8, 4) is 11.1 Å². The average Bonchev–Trinajstić information content (AvgIpc) is 2.49. The minimum Gasteiger partial charge on any atom is -0.388 e. The van der Waals surface area contributed by atoms with Gasteiger partial charge in [0.2, 0.25) is 0 Å². The molecule has 3 N–H and O–H groups in total. The third-order valence-corrected chi connectivity index (χ3v) is 3.93. The Morgan fingerprint density at radius 1 is 1.20 bits per heavy atom. The Morgan fingerprint density at radius 3 is 2.55 bits per heavy atom. The van der Waals surface area contributed by atoms with E-state index in [2.05, 4.69) is 56.1 Å². The Kier molecular flexibility index (Phi) is 4.26. The molecule has 0 bridgehead atoms. The summed E-state index contributed by atoms with van der Waals surface area (Å²) in [4.78, 5) is 0. The largest absolute Gasteiger partial charge is 0.388 e. The molecule has 0 amide bonds. The van der Waals surface area contributed by atoms with Crippen LogP contribution in [-0.4, -0.2) is 7.05 Å². The number of aryl methyl sites for hydroxylation is 1. The molecule has 0 aromatic heterocycles. The first kappa shape index (κ1) is 14.4. The van der Waals surface area contributed by atoms with Crippen molar-refractivity contribution in [2.75, 3.05) is 12.4 Å². The van der Waals surface area contributed by atoms with E-state index in [1.54, 1.807) is 0 Å². The summed E-state index contributed by atoms with van der Waals surface area (Å²) < 4.78 is 0. The molecule has 20 heavy (non-hydrogen) atoms. The van der Waals surface area contributed by atoms with Gasteiger partial charge in [-0.15, -0.1) is 0 Å². The van der Waals surface area contributed by atoms with Gasteiger partial charge in [0, 0.05) is 19.3 Å². The summed E-state index contributed by atoms with van der Waals surface area (Å²) >= 11 is 0. The molecule has 0 saturated heterocycles. The highest BCUT2D eigenvalue weighted by atomic mass is 14.8. The molecule has 0 heterocycles. The van der Waals surface area contributed by atoms with Gasteiger partial charge in [0.25, 0.3) is 0 Å². The minimum absolute atomic E-state index is 0.556. The molecule has 104 valence electrons. The number of hydrogen-bond donors (Lipinski definition) is 2. The van der Waals surface area contributed by atoms with E-state index >= 15 is 0 Å². The lowest BCUT2D eigenvalue weighted by molar-refractivity contribution is 1.04. The molecule has 2 nitrogen and oxygen atoms in total. The number of anilines is 1. The Balaban J connectivity index is 2.62. The number of nitrogens with one attached hydrogen (secondary N) is 1. The summed E-state index contributed by atoms with van der Waals surface area (Å²) in [5, 5.41) is 3.22. The molecule has 2 heteroatoms. The highest BCUT2D eigenvalue weighted by Gasteiger charge is 2.10. The van der Waals surface area contributed by atoms with Gasteiger partial charge in [0.15, 0.2) is 0 Å². The van der Waals surface area contributed by atoms with Crippen LogP contribution in [0.2, 0.25) is 0 Å². The van der Waals surface area contributed by atoms with Gasteiger partial charge in [-0.2, -0.15) is 0 Å². The number of nitrogens with two attached hydrogens (primary N) is 1. The van der Waals surface area contributed by atoms with E-state index in [0.29, 0.717) is 6.54 Å². The van der Waals surface area contributed by atoms with Gasteiger partial charge in [-0.25, -0.2) is 0 Å². The Morgan fingerprint density at radius 2 is 1.95 bits per heavy atom. The summed E-state index contributed by atoms with van der Waals surface area (Å²) in [6.45, 7) is 8.66. The number of hydrogen-bond acceptors (Lipinski definition) is 2. The second-order valence-corrected chi connectivity index (χ2v) is 4.99. The molecule has 2 aromatic rings. The lowest BCUT2D eigenvalue weighted by Crippen LogP contribution is -2.03. The van der Waals surface area contributed by atoms with Crippen molar-refractivity contribution in [3.63, 3.8) is 0 Å². The number of rotatable bonds is 4. The lowest BCUT2D eigenvalue weighted by Gasteiger charge is -2.15. The van der Waals surface area contributed by atoms with E-state index in [9.17, 15) is 0 Å². The Bertz CT molecular complexity index is 642. The molecule has 0 atom stereocenters. The van der Waals surface area contributed by atoms with E-state index in [0.717, 1.165) is 11.3 Å². The third-order valence-electron chi connectivity index (χ3n) is 3.93.